The van der Waals surface area contributed by atoms with Crippen molar-refractivity contribution >= 4 is 29.9 Å². The van der Waals surface area contributed by atoms with Crippen LogP contribution in [0, 0.1) is 0 Å². The number of ether oxygens (including phenoxy) is 1. The summed E-state index contributed by atoms with van der Waals surface area (Å²) < 4.78 is 6.06. The molecule has 0 spiro atoms. The summed E-state index contributed by atoms with van der Waals surface area (Å²) in [5.41, 5.74) is 0. The SMILES string of the molecule is CCNC(=NCC1CN2CCCC2CO1)NC1CCN(C2CCCC2)C1.I. The number of nitrogens with zero attached hydrogens (tertiary/aromatic N) is 3. The largest absolute Gasteiger partial charge is 0.373 e. The van der Waals surface area contributed by atoms with E-state index in [2.05, 4.69) is 27.4 Å². The first kappa shape index (κ1) is 21.6. The first-order valence-electron chi connectivity index (χ1n) is 11.0. The lowest BCUT2D eigenvalue weighted by atomic mass is 10.2. The van der Waals surface area contributed by atoms with Gasteiger partial charge in [0.25, 0.3) is 0 Å². The van der Waals surface area contributed by atoms with Crippen LogP contribution in [-0.2, 0) is 4.74 Å². The lowest BCUT2D eigenvalue weighted by molar-refractivity contribution is -0.0432. The van der Waals surface area contributed by atoms with Crippen molar-refractivity contribution in [1.82, 2.24) is 20.4 Å². The van der Waals surface area contributed by atoms with E-state index in [1.165, 1.54) is 64.6 Å². The standard InChI is InChI=1S/C20H37N5O.HI/c1-2-21-20(22-12-19-14-24-10-5-8-18(24)15-26-19)23-16-9-11-25(13-16)17-6-3-4-7-17;/h16-19H,2-15H2,1H3,(H2,21,22,23);1H. The third-order valence-corrected chi connectivity index (χ3v) is 6.66. The van der Waals surface area contributed by atoms with Gasteiger partial charge in [0.1, 0.15) is 0 Å². The molecule has 3 atom stereocenters. The zero-order valence-electron chi connectivity index (χ0n) is 16.9. The zero-order chi connectivity index (χ0) is 17.8. The van der Waals surface area contributed by atoms with Crippen molar-refractivity contribution in [3.63, 3.8) is 0 Å². The van der Waals surface area contributed by atoms with E-state index >= 15 is 0 Å². The highest BCUT2D eigenvalue weighted by atomic mass is 127. The van der Waals surface area contributed by atoms with Gasteiger partial charge >= 0.3 is 0 Å². The number of hydrogen-bond donors (Lipinski definition) is 2. The monoisotopic (exact) mass is 491 g/mol. The van der Waals surface area contributed by atoms with Crippen molar-refractivity contribution in [1.29, 1.82) is 0 Å². The number of nitrogens with one attached hydrogen (secondary N) is 2. The molecule has 1 aliphatic carbocycles. The van der Waals surface area contributed by atoms with Crippen LogP contribution in [0.4, 0.5) is 0 Å². The summed E-state index contributed by atoms with van der Waals surface area (Å²) >= 11 is 0. The molecule has 7 heteroatoms. The van der Waals surface area contributed by atoms with Gasteiger partial charge in [-0.2, -0.15) is 0 Å². The number of guanidine groups is 1. The van der Waals surface area contributed by atoms with E-state index in [4.69, 9.17) is 9.73 Å². The molecule has 0 bridgehead atoms. The molecule has 0 aromatic carbocycles. The lowest BCUT2D eigenvalue weighted by Gasteiger charge is -2.34. The maximum atomic E-state index is 6.06. The third-order valence-electron chi connectivity index (χ3n) is 6.66. The maximum Gasteiger partial charge on any atom is 0.191 e. The molecule has 6 nitrogen and oxygen atoms in total. The molecule has 4 fully saturated rings. The number of aliphatic imine (C=N–C) groups is 1. The lowest BCUT2D eigenvalue weighted by Crippen LogP contribution is -2.48. The van der Waals surface area contributed by atoms with E-state index in [1.54, 1.807) is 0 Å². The normalized spacial score (nSPS) is 33.1. The van der Waals surface area contributed by atoms with Gasteiger partial charge in [-0.25, -0.2) is 0 Å². The van der Waals surface area contributed by atoms with Crippen molar-refractivity contribution in [3.8, 4) is 0 Å². The second-order valence-corrected chi connectivity index (χ2v) is 8.53. The van der Waals surface area contributed by atoms with Crippen LogP contribution in [-0.4, -0.2) is 85.9 Å². The predicted molar refractivity (Wildman–Crippen MR) is 121 cm³/mol. The molecule has 0 amide bonds. The molecular formula is C20H38IN5O. The third kappa shape index (κ3) is 5.70. The number of halogens is 1. The van der Waals surface area contributed by atoms with E-state index < -0.39 is 0 Å². The van der Waals surface area contributed by atoms with Gasteiger partial charge in [-0.15, -0.1) is 24.0 Å². The summed E-state index contributed by atoms with van der Waals surface area (Å²) in [6.07, 6.45) is 9.75. The molecule has 2 N–H and O–H groups in total. The topological polar surface area (TPSA) is 52.1 Å². The van der Waals surface area contributed by atoms with Crippen molar-refractivity contribution in [2.75, 3.05) is 45.9 Å². The Hall–Kier alpha value is -0.120. The van der Waals surface area contributed by atoms with Gasteiger partial charge in [0.05, 0.1) is 19.3 Å². The van der Waals surface area contributed by atoms with Crippen LogP contribution in [0.3, 0.4) is 0 Å². The van der Waals surface area contributed by atoms with Crippen LogP contribution >= 0.6 is 24.0 Å². The Balaban J connectivity index is 0.00000210. The Morgan fingerprint density at radius 3 is 2.59 bits per heavy atom. The Bertz CT molecular complexity index is 485. The molecule has 27 heavy (non-hydrogen) atoms. The molecule has 1 saturated carbocycles. The van der Waals surface area contributed by atoms with Crippen LogP contribution in [0.2, 0.25) is 0 Å². The Morgan fingerprint density at radius 2 is 1.78 bits per heavy atom. The zero-order valence-corrected chi connectivity index (χ0v) is 19.2. The summed E-state index contributed by atoms with van der Waals surface area (Å²) in [5, 5.41) is 7.12. The van der Waals surface area contributed by atoms with E-state index in [0.29, 0.717) is 12.1 Å². The number of hydrogen-bond acceptors (Lipinski definition) is 4. The van der Waals surface area contributed by atoms with Crippen LogP contribution in [0.15, 0.2) is 4.99 Å². The minimum atomic E-state index is 0. The summed E-state index contributed by atoms with van der Waals surface area (Å²) in [6, 6.07) is 2.04. The molecule has 156 valence electrons. The number of rotatable bonds is 5. The molecule has 0 radical (unpaired) electrons. The molecule has 4 rings (SSSR count). The highest BCUT2D eigenvalue weighted by Gasteiger charge is 2.32. The molecule has 3 aliphatic heterocycles. The highest BCUT2D eigenvalue weighted by Crippen LogP contribution is 2.26. The first-order valence-corrected chi connectivity index (χ1v) is 11.0. The number of likely N-dealkylation sites (tertiary alicyclic amines) is 1. The molecule has 3 saturated heterocycles. The second-order valence-electron chi connectivity index (χ2n) is 8.53. The molecule has 3 heterocycles. The molecule has 0 aromatic rings. The molecule has 4 aliphatic rings. The molecule has 3 unspecified atom stereocenters. The number of morpholine rings is 1. The minimum absolute atomic E-state index is 0. The van der Waals surface area contributed by atoms with Crippen LogP contribution < -0.4 is 10.6 Å². The summed E-state index contributed by atoms with van der Waals surface area (Å²) in [5.74, 6) is 0.970. The predicted octanol–water partition coefficient (Wildman–Crippen LogP) is 2.04. The average molecular weight is 491 g/mol. The Labute approximate surface area is 181 Å². The smallest absolute Gasteiger partial charge is 0.191 e. The number of fused-ring (bicyclic) bond motifs is 1. The van der Waals surface area contributed by atoms with Crippen molar-refractivity contribution in [3.05, 3.63) is 0 Å². The van der Waals surface area contributed by atoms with Crippen molar-refractivity contribution in [2.24, 2.45) is 4.99 Å². The van der Waals surface area contributed by atoms with Crippen LogP contribution in [0.25, 0.3) is 0 Å². The van der Waals surface area contributed by atoms with Crippen molar-refractivity contribution < 1.29 is 4.74 Å². The van der Waals surface area contributed by atoms with Gasteiger partial charge < -0.3 is 15.4 Å². The van der Waals surface area contributed by atoms with E-state index in [0.717, 1.165) is 38.2 Å². The fraction of sp³-hybridized carbons (Fsp3) is 0.950. The maximum absolute atomic E-state index is 6.06. The quantitative estimate of drug-likeness (QED) is 0.350. The van der Waals surface area contributed by atoms with E-state index in [1.807, 2.05) is 0 Å². The fourth-order valence-corrected chi connectivity index (χ4v) is 5.21. The molecular weight excluding hydrogens is 453 g/mol. The fourth-order valence-electron chi connectivity index (χ4n) is 5.21. The van der Waals surface area contributed by atoms with Gasteiger partial charge in [-0.3, -0.25) is 14.8 Å². The van der Waals surface area contributed by atoms with Gasteiger partial charge in [-0.05, 0) is 45.6 Å². The van der Waals surface area contributed by atoms with Crippen LogP contribution in [0.1, 0.15) is 51.9 Å². The second kappa shape index (κ2) is 10.6. The summed E-state index contributed by atoms with van der Waals surface area (Å²) in [7, 11) is 0. The molecule has 0 aromatic heterocycles. The van der Waals surface area contributed by atoms with Gasteiger partial charge in [0, 0.05) is 44.3 Å². The van der Waals surface area contributed by atoms with Gasteiger partial charge in [0.15, 0.2) is 5.96 Å². The average Bonchev–Trinajstić information content (AvgIpc) is 3.39. The summed E-state index contributed by atoms with van der Waals surface area (Å²) in [6.45, 7) is 9.40. The minimum Gasteiger partial charge on any atom is -0.373 e. The summed E-state index contributed by atoms with van der Waals surface area (Å²) in [4.78, 5) is 10.2. The van der Waals surface area contributed by atoms with Gasteiger partial charge in [0.2, 0.25) is 0 Å². The van der Waals surface area contributed by atoms with E-state index in [9.17, 15) is 0 Å². The van der Waals surface area contributed by atoms with Gasteiger partial charge in [-0.1, -0.05) is 12.8 Å². The van der Waals surface area contributed by atoms with E-state index in [-0.39, 0.29) is 30.1 Å². The highest BCUT2D eigenvalue weighted by molar-refractivity contribution is 14.0. The van der Waals surface area contributed by atoms with Crippen molar-refractivity contribution in [2.45, 2.75) is 76.1 Å². The van der Waals surface area contributed by atoms with Crippen LogP contribution in [0.5, 0.6) is 0 Å². The first-order chi connectivity index (χ1) is 12.8. The Kier molecular flexibility index (Phi) is 8.47. The Morgan fingerprint density at radius 1 is 1.00 bits per heavy atom.